The third kappa shape index (κ3) is 4.61. The Labute approximate surface area is 150 Å². The molecule has 1 aromatic heterocycles. The molecular formula is C20H29N3O2. The number of hydrogen-bond acceptors (Lipinski definition) is 4. The summed E-state index contributed by atoms with van der Waals surface area (Å²) in [5, 5.41) is 4.19. The van der Waals surface area contributed by atoms with Crippen LogP contribution in [0.5, 0.6) is 0 Å². The average molecular weight is 343 g/mol. The Bertz CT molecular complexity index is 736. The minimum Gasteiger partial charge on any atom is -0.461 e. The number of aryl methyl sites for hydroxylation is 2. The monoisotopic (exact) mass is 343 g/mol. The second-order valence-electron chi connectivity index (χ2n) is 7.36. The summed E-state index contributed by atoms with van der Waals surface area (Å²) in [6.07, 6.45) is 5.79. The van der Waals surface area contributed by atoms with Crippen LogP contribution in [0.2, 0.25) is 0 Å². The molecule has 0 unspecified atom stereocenters. The minimum absolute atomic E-state index is 0.0233. The van der Waals surface area contributed by atoms with E-state index in [1.54, 1.807) is 0 Å². The van der Waals surface area contributed by atoms with Gasteiger partial charge in [0, 0.05) is 36.1 Å². The zero-order chi connectivity index (χ0) is 17.8. The summed E-state index contributed by atoms with van der Waals surface area (Å²) in [5.41, 5.74) is 3.13. The highest BCUT2D eigenvalue weighted by Crippen LogP contribution is 2.32. The lowest BCUT2D eigenvalue weighted by Gasteiger charge is -2.18. The summed E-state index contributed by atoms with van der Waals surface area (Å²) in [7, 11) is 6.05. The lowest BCUT2D eigenvalue weighted by atomic mass is 10.1. The molecule has 25 heavy (non-hydrogen) atoms. The molecule has 1 N–H and O–H groups in total. The van der Waals surface area contributed by atoms with E-state index in [2.05, 4.69) is 16.3 Å². The van der Waals surface area contributed by atoms with Gasteiger partial charge in [0.05, 0.1) is 6.54 Å². The third-order valence-electron chi connectivity index (χ3n) is 4.83. The van der Waals surface area contributed by atoms with Crippen LogP contribution >= 0.6 is 0 Å². The van der Waals surface area contributed by atoms with Gasteiger partial charge in [-0.3, -0.25) is 9.69 Å². The first kappa shape index (κ1) is 18.0. The third-order valence-corrected chi connectivity index (χ3v) is 4.83. The van der Waals surface area contributed by atoms with Crippen molar-refractivity contribution in [2.75, 3.05) is 46.1 Å². The Morgan fingerprint density at radius 1 is 1.12 bits per heavy atom. The van der Waals surface area contributed by atoms with Crippen molar-refractivity contribution in [3.8, 4) is 0 Å². The number of fused-ring (bicyclic) bond motifs is 3. The quantitative estimate of drug-likeness (QED) is 0.819. The number of nitrogens with zero attached hydrogens (tertiary/aromatic N) is 2. The molecule has 1 amide bonds. The van der Waals surface area contributed by atoms with Crippen molar-refractivity contribution in [3.63, 3.8) is 0 Å². The van der Waals surface area contributed by atoms with E-state index in [1.165, 1.54) is 24.8 Å². The van der Waals surface area contributed by atoms with Crippen LogP contribution in [-0.4, -0.2) is 56.5 Å². The Hall–Kier alpha value is -1.85. The van der Waals surface area contributed by atoms with Crippen molar-refractivity contribution in [1.82, 2.24) is 9.80 Å². The number of amides is 1. The maximum atomic E-state index is 12.3. The van der Waals surface area contributed by atoms with E-state index in [-0.39, 0.29) is 5.91 Å². The first-order valence-electron chi connectivity index (χ1n) is 9.20. The normalized spacial score (nSPS) is 14.8. The van der Waals surface area contributed by atoms with Crippen LogP contribution in [0.15, 0.2) is 22.6 Å². The van der Waals surface area contributed by atoms with Gasteiger partial charge in [-0.15, -0.1) is 0 Å². The van der Waals surface area contributed by atoms with E-state index >= 15 is 0 Å². The molecule has 0 fully saturated rings. The van der Waals surface area contributed by atoms with Crippen LogP contribution < -0.4 is 5.32 Å². The number of rotatable bonds is 6. The molecule has 5 heteroatoms. The second-order valence-corrected chi connectivity index (χ2v) is 7.36. The van der Waals surface area contributed by atoms with E-state index in [0.29, 0.717) is 6.54 Å². The van der Waals surface area contributed by atoms with Gasteiger partial charge in [-0.1, -0.05) is 6.42 Å². The Kier molecular flexibility index (Phi) is 5.76. The molecule has 1 aliphatic carbocycles. The van der Waals surface area contributed by atoms with Crippen LogP contribution in [0, 0.1) is 0 Å². The average Bonchev–Trinajstić information content (AvgIpc) is 2.74. The van der Waals surface area contributed by atoms with Gasteiger partial charge < -0.3 is 14.6 Å². The fraction of sp³-hybridized carbons (Fsp3) is 0.550. The largest absolute Gasteiger partial charge is 0.461 e. The SMILES string of the molecule is CN(C)CCN(C)CC(=O)Nc1ccc2oc3c(c2c1)CCCCC3. The maximum Gasteiger partial charge on any atom is 0.238 e. The van der Waals surface area contributed by atoms with Gasteiger partial charge in [0.2, 0.25) is 5.91 Å². The maximum absolute atomic E-state index is 12.3. The zero-order valence-corrected chi connectivity index (χ0v) is 15.6. The number of furan rings is 1. The van der Waals surface area contributed by atoms with E-state index in [0.717, 1.165) is 48.3 Å². The summed E-state index contributed by atoms with van der Waals surface area (Å²) in [5.74, 6) is 1.16. The highest BCUT2D eigenvalue weighted by Gasteiger charge is 2.17. The van der Waals surface area contributed by atoms with Crippen molar-refractivity contribution in [3.05, 3.63) is 29.5 Å². The van der Waals surface area contributed by atoms with Crippen molar-refractivity contribution in [2.45, 2.75) is 32.1 Å². The molecule has 1 aliphatic rings. The summed E-state index contributed by atoms with van der Waals surface area (Å²) in [6, 6.07) is 5.99. The zero-order valence-electron chi connectivity index (χ0n) is 15.6. The first-order chi connectivity index (χ1) is 12.0. The van der Waals surface area contributed by atoms with E-state index in [9.17, 15) is 4.79 Å². The Morgan fingerprint density at radius 2 is 1.92 bits per heavy atom. The van der Waals surface area contributed by atoms with Crippen molar-refractivity contribution >= 4 is 22.6 Å². The van der Waals surface area contributed by atoms with Gasteiger partial charge in [-0.2, -0.15) is 0 Å². The predicted molar refractivity (Wildman–Crippen MR) is 102 cm³/mol. The van der Waals surface area contributed by atoms with Crippen LogP contribution in [0.3, 0.4) is 0 Å². The van der Waals surface area contributed by atoms with Crippen molar-refractivity contribution in [1.29, 1.82) is 0 Å². The molecule has 3 rings (SSSR count). The first-order valence-corrected chi connectivity index (χ1v) is 9.20. The van der Waals surface area contributed by atoms with Gasteiger partial charge in [0.25, 0.3) is 0 Å². The number of hydrogen-bond donors (Lipinski definition) is 1. The molecule has 0 aliphatic heterocycles. The summed E-state index contributed by atoms with van der Waals surface area (Å²) >= 11 is 0. The number of carbonyl (C=O) groups is 1. The molecule has 0 saturated heterocycles. The molecule has 2 aromatic rings. The molecule has 1 aromatic carbocycles. The fourth-order valence-electron chi connectivity index (χ4n) is 3.41. The topological polar surface area (TPSA) is 48.7 Å². The van der Waals surface area contributed by atoms with Gasteiger partial charge in [0.1, 0.15) is 11.3 Å². The minimum atomic E-state index is 0.0233. The van der Waals surface area contributed by atoms with Crippen LogP contribution in [0.4, 0.5) is 5.69 Å². The molecule has 0 atom stereocenters. The lowest BCUT2D eigenvalue weighted by Crippen LogP contribution is -2.34. The van der Waals surface area contributed by atoms with Gasteiger partial charge in [-0.05, 0) is 58.6 Å². The van der Waals surface area contributed by atoms with Gasteiger partial charge in [-0.25, -0.2) is 0 Å². The lowest BCUT2D eigenvalue weighted by molar-refractivity contribution is -0.117. The van der Waals surface area contributed by atoms with Crippen molar-refractivity contribution in [2.24, 2.45) is 0 Å². The molecule has 1 heterocycles. The number of carbonyl (C=O) groups excluding carboxylic acids is 1. The Morgan fingerprint density at radius 3 is 2.72 bits per heavy atom. The standard InChI is InChI=1S/C20H29N3O2/c1-22(2)11-12-23(3)14-20(24)21-15-9-10-19-17(13-15)16-7-5-4-6-8-18(16)25-19/h9-10,13H,4-8,11-12,14H2,1-3H3,(H,21,24). The Balaban J connectivity index is 1.67. The molecule has 0 spiro atoms. The van der Waals surface area contributed by atoms with E-state index in [1.807, 2.05) is 38.2 Å². The van der Waals surface area contributed by atoms with Gasteiger partial charge in [0.15, 0.2) is 0 Å². The van der Waals surface area contributed by atoms with Crippen LogP contribution in [0.25, 0.3) is 11.0 Å². The fourth-order valence-corrected chi connectivity index (χ4v) is 3.41. The molecular weight excluding hydrogens is 314 g/mol. The number of benzene rings is 1. The summed E-state index contributed by atoms with van der Waals surface area (Å²) in [4.78, 5) is 16.5. The number of nitrogens with one attached hydrogen (secondary N) is 1. The summed E-state index contributed by atoms with van der Waals surface area (Å²) < 4.78 is 6.02. The second kappa shape index (κ2) is 8.02. The van der Waals surface area contributed by atoms with E-state index in [4.69, 9.17) is 4.42 Å². The molecule has 136 valence electrons. The van der Waals surface area contributed by atoms with Crippen LogP contribution in [0.1, 0.15) is 30.6 Å². The highest BCUT2D eigenvalue weighted by atomic mass is 16.3. The van der Waals surface area contributed by atoms with Gasteiger partial charge >= 0.3 is 0 Å². The summed E-state index contributed by atoms with van der Waals surface area (Å²) in [6.45, 7) is 2.21. The smallest absolute Gasteiger partial charge is 0.238 e. The molecule has 5 nitrogen and oxygen atoms in total. The highest BCUT2D eigenvalue weighted by molar-refractivity contribution is 5.95. The molecule has 0 saturated carbocycles. The number of anilines is 1. The number of likely N-dealkylation sites (N-methyl/N-ethyl adjacent to an activating group) is 2. The van der Waals surface area contributed by atoms with Crippen LogP contribution in [-0.2, 0) is 17.6 Å². The van der Waals surface area contributed by atoms with Crippen molar-refractivity contribution < 1.29 is 9.21 Å². The van der Waals surface area contributed by atoms with E-state index < -0.39 is 0 Å². The predicted octanol–water partition coefficient (Wildman–Crippen LogP) is 3.13. The molecule has 0 bridgehead atoms. The molecule has 0 radical (unpaired) electrons.